The largest absolute Gasteiger partial charge is 0.497 e. The molecule has 0 spiro atoms. The second kappa shape index (κ2) is 6.17. The van der Waals surface area contributed by atoms with Crippen molar-refractivity contribution in [2.45, 2.75) is 12.3 Å². The standard InChI is InChI=1S/C15H17NO2/c1-18-15-4-2-3-13(10-15)14(11-17)9-12-5-7-16-8-6-12/h2-8,10,14,17H,9,11H2,1H3. The summed E-state index contributed by atoms with van der Waals surface area (Å²) in [5.74, 6) is 0.906. The first kappa shape index (κ1) is 12.6. The lowest BCUT2D eigenvalue weighted by atomic mass is 9.93. The molecule has 3 nitrogen and oxygen atoms in total. The number of hydrogen-bond acceptors (Lipinski definition) is 3. The van der Waals surface area contributed by atoms with E-state index in [9.17, 15) is 5.11 Å². The molecular formula is C15H17NO2. The minimum absolute atomic E-state index is 0.0856. The van der Waals surface area contributed by atoms with Gasteiger partial charge in [0.15, 0.2) is 0 Å². The molecule has 1 aromatic carbocycles. The molecule has 0 aliphatic heterocycles. The molecule has 94 valence electrons. The van der Waals surface area contributed by atoms with Gasteiger partial charge in [-0.1, -0.05) is 12.1 Å². The first-order valence-corrected chi connectivity index (χ1v) is 5.97. The summed E-state index contributed by atoms with van der Waals surface area (Å²) in [6.45, 7) is 0.121. The second-order valence-electron chi connectivity index (χ2n) is 4.22. The van der Waals surface area contributed by atoms with Gasteiger partial charge in [-0.05, 0) is 41.8 Å². The Balaban J connectivity index is 2.17. The Morgan fingerprint density at radius 2 is 2.00 bits per heavy atom. The lowest BCUT2D eigenvalue weighted by Gasteiger charge is -2.15. The molecular weight excluding hydrogens is 226 g/mol. The maximum Gasteiger partial charge on any atom is 0.119 e. The van der Waals surface area contributed by atoms with Crippen LogP contribution in [-0.4, -0.2) is 23.8 Å². The van der Waals surface area contributed by atoms with E-state index >= 15 is 0 Å². The predicted molar refractivity (Wildman–Crippen MR) is 70.8 cm³/mol. The van der Waals surface area contributed by atoms with Crippen LogP contribution in [0.1, 0.15) is 17.0 Å². The molecule has 0 bridgehead atoms. The Hall–Kier alpha value is -1.87. The fourth-order valence-electron chi connectivity index (χ4n) is 1.99. The smallest absolute Gasteiger partial charge is 0.119 e. The summed E-state index contributed by atoms with van der Waals surface area (Å²) in [6, 6.07) is 11.8. The summed E-state index contributed by atoms with van der Waals surface area (Å²) in [4.78, 5) is 4.00. The SMILES string of the molecule is COc1cccc(C(CO)Cc2ccncc2)c1. The van der Waals surface area contributed by atoms with Gasteiger partial charge in [-0.3, -0.25) is 4.98 Å². The van der Waals surface area contributed by atoms with E-state index in [0.29, 0.717) is 0 Å². The van der Waals surface area contributed by atoms with E-state index in [0.717, 1.165) is 17.7 Å². The molecule has 3 heteroatoms. The quantitative estimate of drug-likeness (QED) is 0.877. The first-order chi connectivity index (χ1) is 8.83. The van der Waals surface area contributed by atoms with Crippen LogP contribution in [0, 0.1) is 0 Å². The second-order valence-corrected chi connectivity index (χ2v) is 4.22. The van der Waals surface area contributed by atoms with Crippen molar-refractivity contribution in [2.75, 3.05) is 13.7 Å². The molecule has 1 aromatic heterocycles. The van der Waals surface area contributed by atoms with Crippen molar-refractivity contribution in [1.82, 2.24) is 4.98 Å². The van der Waals surface area contributed by atoms with Crippen molar-refractivity contribution in [1.29, 1.82) is 0 Å². The Morgan fingerprint density at radius 1 is 1.22 bits per heavy atom. The number of methoxy groups -OCH3 is 1. The Morgan fingerprint density at radius 3 is 2.67 bits per heavy atom. The van der Waals surface area contributed by atoms with Crippen LogP contribution in [0.4, 0.5) is 0 Å². The van der Waals surface area contributed by atoms with Gasteiger partial charge in [-0.15, -0.1) is 0 Å². The number of aromatic nitrogens is 1. The van der Waals surface area contributed by atoms with E-state index in [1.54, 1.807) is 19.5 Å². The average Bonchev–Trinajstić information content (AvgIpc) is 2.46. The summed E-state index contributed by atoms with van der Waals surface area (Å²) >= 11 is 0. The van der Waals surface area contributed by atoms with Gasteiger partial charge in [0.1, 0.15) is 5.75 Å². The van der Waals surface area contributed by atoms with Crippen molar-refractivity contribution in [3.05, 3.63) is 59.9 Å². The van der Waals surface area contributed by atoms with Crippen LogP contribution in [0.3, 0.4) is 0 Å². The zero-order valence-corrected chi connectivity index (χ0v) is 10.4. The lowest BCUT2D eigenvalue weighted by molar-refractivity contribution is 0.264. The fraction of sp³-hybridized carbons (Fsp3) is 0.267. The average molecular weight is 243 g/mol. The number of aliphatic hydroxyl groups is 1. The maximum absolute atomic E-state index is 9.55. The predicted octanol–water partition coefficient (Wildman–Crippen LogP) is 2.41. The lowest BCUT2D eigenvalue weighted by Crippen LogP contribution is -2.08. The van der Waals surface area contributed by atoms with E-state index in [-0.39, 0.29) is 12.5 Å². The molecule has 1 N–H and O–H groups in total. The topological polar surface area (TPSA) is 42.4 Å². The molecule has 0 radical (unpaired) electrons. The highest BCUT2D eigenvalue weighted by Gasteiger charge is 2.12. The van der Waals surface area contributed by atoms with E-state index in [2.05, 4.69) is 4.98 Å². The number of rotatable bonds is 5. The fourth-order valence-corrected chi connectivity index (χ4v) is 1.99. The molecule has 1 unspecified atom stereocenters. The zero-order valence-electron chi connectivity index (χ0n) is 10.4. The first-order valence-electron chi connectivity index (χ1n) is 5.97. The molecule has 0 aliphatic rings. The molecule has 0 saturated carbocycles. The number of pyridine rings is 1. The minimum Gasteiger partial charge on any atom is -0.497 e. The number of hydrogen-bond donors (Lipinski definition) is 1. The third-order valence-electron chi connectivity index (χ3n) is 3.02. The van der Waals surface area contributed by atoms with E-state index in [4.69, 9.17) is 4.74 Å². The summed E-state index contributed by atoms with van der Waals surface area (Å²) in [5.41, 5.74) is 2.26. The molecule has 18 heavy (non-hydrogen) atoms. The van der Waals surface area contributed by atoms with Crippen LogP contribution in [-0.2, 0) is 6.42 Å². The molecule has 1 atom stereocenters. The third-order valence-corrected chi connectivity index (χ3v) is 3.02. The van der Waals surface area contributed by atoms with Crippen LogP contribution in [0.2, 0.25) is 0 Å². The molecule has 2 rings (SSSR count). The summed E-state index contributed by atoms with van der Waals surface area (Å²) < 4.78 is 5.21. The highest BCUT2D eigenvalue weighted by atomic mass is 16.5. The minimum atomic E-state index is 0.0856. The van der Waals surface area contributed by atoms with Crippen molar-refractivity contribution in [3.8, 4) is 5.75 Å². The number of nitrogens with zero attached hydrogens (tertiary/aromatic N) is 1. The highest BCUT2D eigenvalue weighted by molar-refractivity contribution is 5.32. The Bertz CT molecular complexity index is 485. The highest BCUT2D eigenvalue weighted by Crippen LogP contribution is 2.23. The Labute approximate surface area is 107 Å². The van der Waals surface area contributed by atoms with Gasteiger partial charge >= 0.3 is 0 Å². The molecule has 0 amide bonds. The normalized spacial score (nSPS) is 12.1. The van der Waals surface area contributed by atoms with E-state index in [1.807, 2.05) is 36.4 Å². The molecule has 1 heterocycles. The molecule has 0 aliphatic carbocycles. The van der Waals surface area contributed by atoms with Crippen LogP contribution in [0.5, 0.6) is 5.75 Å². The van der Waals surface area contributed by atoms with Gasteiger partial charge in [-0.2, -0.15) is 0 Å². The monoisotopic (exact) mass is 243 g/mol. The third kappa shape index (κ3) is 3.08. The number of aliphatic hydroxyl groups excluding tert-OH is 1. The maximum atomic E-state index is 9.55. The molecule has 0 saturated heterocycles. The van der Waals surface area contributed by atoms with Gasteiger partial charge < -0.3 is 9.84 Å². The molecule has 0 fully saturated rings. The van der Waals surface area contributed by atoms with Crippen molar-refractivity contribution in [2.24, 2.45) is 0 Å². The van der Waals surface area contributed by atoms with Crippen LogP contribution in [0.15, 0.2) is 48.8 Å². The van der Waals surface area contributed by atoms with Crippen molar-refractivity contribution >= 4 is 0 Å². The van der Waals surface area contributed by atoms with Gasteiger partial charge in [0.05, 0.1) is 13.7 Å². The van der Waals surface area contributed by atoms with Gasteiger partial charge in [0, 0.05) is 18.3 Å². The molecule has 2 aromatic rings. The summed E-state index contributed by atoms with van der Waals surface area (Å²) in [6.07, 6.45) is 4.34. The van der Waals surface area contributed by atoms with Crippen LogP contribution >= 0.6 is 0 Å². The van der Waals surface area contributed by atoms with Gasteiger partial charge in [0.25, 0.3) is 0 Å². The van der Waals surface area contributed by atoms with Crippen LogP contribution < -0.4 is 4.74 Å². The van der Waals surface area contributed by atoms with E-state index < -0.39 is 0 Å². The zero-order chi connectivity index (χ0) is 12.8. The van der Waals surface area contributed by atoms with Gasteiger partial charge in [0.2, 0.25) is 0 Å². The van der Waals surface area contributed by atoms with E-state index in [1.165, 1.54) is 5.56 Å². The van der Waals surface area contributed by atoms with Crippen LogP contribution in [0.25, 0.3) is 0 Å². The summed E-state index contributed by atoms with van der Waals surface area (Å²) in [7, 11) is 1.65. The Kier molecular flexibility index (Phi) is 4.31. The summed E-state index contributed by atoms with van der Waals surface area (Å²) in [5, 5.41) is 9.55. The van der Waals surface area contributed by atoms with Crippen molar-refractivity contribution < 1.29 is 9.84 Å². The number of ether oxygens (including phenoxy) is 1. The van der Waals surface area contributed by atoms with Crippen molar-refractivity contribution in [3.63, 3.8) is 0 Å². The number of benzene rings is 1. The van der Waals surface area contributed by atoms with Gasteiger partial charge in [-0.25, -0.2) is 0 Å².